The fraction of sp³-hybridized carbons (Fsp3) is 0.105. The lowest BCUT2D eigenvalue weighted by atomic mass is 10.2. The summed E-state index contributed by atoms with van der Waals surface area (Å²) in [5.41, 5.74) is 1.56. The molecular formula is C19H17N3O4. The van der Waals surface area contributed by atoms with Crippen molar-refractivity contribution in [2.45, 2.75) is 6.54 Å². The Balaban J connectivity index is 1.62. The first-order chi connectivity index (χ1) is 12.7. The number of hydrogen-bond donors (Lipinski definition) is 2. The van der Waals surface area contributed by atoms with Crippen molar-refractivity contribution in [1.29, 1.82) is 0 Å². The summed E-state index contributed by atoms with van der Waals surface area (Å²) in [6.45, 7) is 0.312. The molecule has 2 aromatic heterocycles. The molecule has 7 nitrogen and oxygen atoms in total. The predicted octanol–water partition coefficient (Wildman–Crippen LogP) is 3.13. The van der Waals surface area contributed by atoms with E-state index in [1.165, 1.54) is 13.3 Å². The number of benzene rings is 1. The Morgan fingerprint density at radius 1 is 1.12 bits per heavy atom. The molecule has 0 aliphatic heterocycles. The second-order valence-electron chi connectivity index (χ2n) is 5.39. The van der Waals surface area contributed by atoms with Crippen LogP contribution in [0.3, 0.4) is 0 Å². The maximum absolute atomic E-state index is 12.1. The van der Waals surface area contributed by atoms with Gasteiger partial charge in [-0.3, -0.25) is 4.79 Å². The Morgan fingerprint density at radius 3 is 2.69 bits per heavy atom. The monoisotopic (exact) mass is 351 g/mol. The van der Waals surface area contributed by atoms with Crippen LogP contribution in [-0.2, 0) is 11.3 Å². The summed E-state index contributed by atoms with van der Waals surface area (Å²) in [5.74, 6) is 0.572. The SMILES string of the molecule is COC(=O)c1cccc(Nc2ccc(C(=O)NCc3ccco3)cn2)c1. The third kappa shape index (κ3) is 4.27. The standard InChI is InChI=1S/C19H17N3O4/c1-25-19(24)13-4-2-5-15(10-13)22-17-8-7-14(11-20-17)18(23)21-12-16-6-3-9-26-16/h2-11H,12H2,1H3,(H,20,22)(H,21,23). The van der Waals surface area contributed by atoms with Gasteiger partial charge in [0.1, 0.15) is 11.6 Å². The number of furan rings is 1. The molecule has 0 radical (unpaired) electrons. The first-order valence-electron chi connectivity index (χ1n) is 7.88. The smallest absolute Gasteiger partial charge is 0.337 e. The number of carbonyl (C=O) groups excluding carboxylic acids is 2. The maximum Gasteiger partial charge on any atom is 0.337 e. The lowest BCUT2D eigenvalue weighted by Crippen LogP contribution is -2.22. The Bertz CT molecular complexity index is 889. The third-order valence-corrected chi connectivity index (χ3v) is 3.59. The van der Waals surface area contributed by atoms with Crippen LogP contribution < -0.4 is 10.6 Å². The van der Waals surface area contributed by atoms with Gasteiger partial charge in [0.15, 0.2) is 0 Å². The highest BCUT2D eigenvalue weighted by Crippen LogP contribution is 2.17. The molecule has 1 aromatic carbocycles. The topological polar surface area (TPSA) is 93.5 Å². The fourth-order valence-corrected chi connectivity index (χ4v) is 2.27. The first-order valence-corrected chi connectivity index (χ1v) is 7.88. The van der Waals surface area contributed by atoms with Crippen molar-refractivity contribution in [2.24, 2.45) is 0 Å². The van der Waals surface area contributed by atoms with Crippen molar-refractivity contribution in [1.82, 2.24) is 10.3 Å². The van der Waals surface area contributed by atoms with E-state index in [0.29, 0.717) is 34.9 Å². The van der Waals surface area contributed by atoms with E-state index < -0.39 is 5.97 Å². The van der Waals surface area contributed by atoms with Crippen LogP contribution in [-0.4, -0.2) is 24.0 Å². The number of rotatable bonds is 6. The van der Waals surface area contributed by atoms with E-state index in [1.54, 1.807) is 54.8 Å². The average molecular weight is 351 g/mol. The number of hydrogen-bond acceptors (Lipinski definition) is 6. The largest absolute Gasteiger partial charge is 0.467 e. The Labute approximate surface area is 150 Å². The van der Waals surface area contributed by atoms with Crippen molar-refractivity contribution in [3.8, 4) is 0 Å². The number of esters is 1. The van der Waals surface area contributed by atoms with Crippen LogP contribution >= 0.6 is 0 Å². The van der Waals surface area contributed by atoms with Crippen molar-refractivity contribution in [2.75, 3.05) is 12.4 Å². The third-order valence-electron chi connectivity index (χ3n) is 3.59. The number of nitrogens with zero attached hydrogens (tertiary/aromatic N) is 1. The van der Waals surface area contributed by atoms with Gasteiger partial charge in [0, 0.05) is 11.9 Å². The van der Waals surface area contributed by atoms with E-state index in [1.807, 2.05) is 0 Å². The van der Waals surface area contributed by atoms with Crippen LogP contribution in [0.4, 0.5) is 11.5 Å². The molecule has 2 N–H and O–H groups in total. The zero-order valence-corrected chi connectivity index (χ0v) is 14.1. The lowest BCUT2D eigenvalue weighted by molar-refractivity contribution is 0.0600. The molecule has 7 heteroatoms. The number of anilines is 2. The van der Waals surface area contributed by atoms with E-state index in [0.717, 1.165) is 0 Å². The van der Waals surface area contributed by atoms with Gasteiger partial charge < -0.3 is 19.8 Å². The number of aromatic nitrogens is 1. The highest BCUT2D eigenvalue weighted by molar-refractivity contribution is 5.94. The zero-order chi connectivity index (χ0) is 18.4. The number of pyridine rings is 1. The molecule has 0 spiro atoms. The van der Waals surface area contributed by atoms with Gasteiger partial charge in [-0.1, -0.05) is 6.07 Å². The molecule has 132 valence electrons. The van der Waals surface area contributed by atoms with Crippen molar-refractivity contribution < 1.29 is 18.7 Å². The van der Waals surface area contributed by atoms with Crippen LogP contribution in [0, 0.1) is 0 Å². The molecule has 0 aliphatic rings. The van der Waals surface area contributed by atoms with Gasteiger partial charge in [0.2, 0.25) is 0 Å². The molecule has 0 aliphatic carbocycles. The van der Waals surface area contributed by atoms with Gasteiger partial charge in [-0.25, -0.2) is 9.78 Å². The normalized spacial score (nSPS) is 10.2. The predicted molar refractivity (Wildman–Crippen MR) is 95.2 cm³/mol. The highest BCUT2D eigenvalue weighted by Gasteiger charge is 2.08. The van der Waals surface area contributed by atoms with Crippen LogP contribution in [0.15, 0.2) is 65.4 Å². The minimum absolute atomic E-state index is 0.242. The molecule has 0 bridgehead atoms. The molecule has 0 unspecified atom stereocenters. The molecule has 3 aromatic rings. The van der Waals surface area contributed by atoms with E-state index in [2.05, 4.69) is 15.6 Å². The molecule has 0 atom stereocenters. The second-order valence-corrected chi connectivity index (χ2v) is 5.39. The van der Waals surface area contributed by atoms with Crippen molar-refractivity contribution >= 4 is 23.4 Å². The summed E-state index contributed by atoms with van der Waals surface area (Å²) in [6, 6.07) is 13.8. The van der Waals surface area contributed by atoms with Crippen molar-refractivity contribution in [3.63, 3.8) is 0 Å². The van der Waals surface area contributed by atoms with Crippen LogP contribution in [0.25, 0.3) is 0 Å². The van der Waals surface area contributed by atoms with E-state index in [9.17, 15) is 9.59 Å². The second kappa shape index (κ2) is 7.98. The summed E-state index contributed by atoms with van der Waals surface area (Å²) in [4.78, 5) is 27.9. The number of nitrogens with one attached hydrogen (secondary N) is 2. The molecule has 26 heavy (non-hydrogen) atoms. The number of carbonyl (C=O) groups is 2. The molecule has 1 amide bonds. The molecule has 2 heterocycles. The molecule has 0 fully saturated rings. The Morgan fingerprint density at radius 2 is 2.00 bits per heavy atom. The Hall–Kier alpha value is -3.61. The van der Waals surface area contributed by atoms with E-state index in [4.69, 9.17) is 9.15 Å². The van der Waals surface area contributed by atoms with Gasteiger partial charge in [-0.15, -0.1) is 0 Å². The Kier molecular flexibility index (Phi) is 5.28. The van der Waals surface area contributed by atoms with Gasteiger partial charge in [0.05, 0.1) is 31.0 Å². The average Bonchev–Trinajstić information content (AvgIpc) is 3.20. The van der Waals surface area contributed by atoms with Crippen LogP contribution in [0.2, 0.25) is 0 Å². The molecule has 0 saturated heterocycles. The molecule has 0 saturated carbocycles. The summed E-state index contributed by atoms with van der Waals surface area (Å²) in [6.07, 6.45) is 3.03. The number of methoxy groups -OCH3 is 1. The lowest BCUT2D eigenvalue weighted by Gasteiger charge is -2.08. The van der Waals surface area contributed by atoms with E-state index >= 15 is 0 Å². The highest BCUT2D eigenvalue weighted by atomic mass is 16.5. The number of amides is 1. The van der Waals surface area contributed by atoms with Crippen LogP contribution in [0.1, 0.15) is 26.5 Å². The fourth-order valence-electron chi connectivity index (χ4n) is 2.27. The zero-order valence-electron chi connectivity index (χ0n) is 14.1. The van der Waals surface area contributed by atoms with Gasteiger partial charge >= 0.3 is 5.97 Å². The molecular weight excluding hydrogens is 334 g/mol. The maximum atomic E-state index is 12.1. The first kappa shape index (κ1) is 17.2. The quantitative estimate of drug-likeness (QED) is 0.663. The summed E-state index contributed by atoms with van der Waals surface area (Å²) >= 11 is 0. The minimum Gasteiger partial charge on any atom is -0.467 e. The van der Waals surface area contributed by atoms with E-state index in [-0.39, 0.29) is 5.91 Å². The van der Waals surface area contributed by atoms with Gasteiger partial charge in [0.25, 0.3) is 5.91 Å². The minimum atomic E-state index is -0.412. The van der Waals surface area contributed by atoms with Gasteiger partial charge in [-0.05, 0) is 42.5 Å². The summed E-state index contributed by atoms with van der Waals surface area (Å²) < 4.78 is 9.87. The van der Waals surface area contributed by atoms with Gasteiger partial charge in [-0.2, -0.15) is 0 Å². The van der Waals surface area contributed by atoms with Crippen LogP contribution in [0.5, 0.6) is 0 Å². The molecule has 3 rings (SSSR count). The summed E-state index contributed by atoms with van der Waals surface area (Å²) in [5, 5.41) is 5.83. The number of ether oxygens (including phenoxy) is 1. The summed E-state index contributed by atoms with van der Waals surface area (Å²) in [7, 11) is 1.33. The van der Waals surface area contributed by atoms with Crippen molar-refractivity contribution in [3.05, 3.63) is 77.9 Å².